The van der Waals surface area contributed by atoms with E-state index in [-0.39, 0.29) is 6.10 Å². The lowest BCUT2D eigenvalue weighted by molar-refractivity contribution is 0.0673. The van der Waals surface area contributed by atoms with Gasteiger partial charge in [0, 0.05) is 11.8 Å². The maximum Gasteiger partial charge on any atom is 0.105 e. The van der Waals surface area contributed by atoms with Crippen LogP contribution in [0, 0.1) is 0 Å². The maximum absolute atomic E-state index is 5.12. The van der Waals surface area contributed by atoms with E-state index in [2.05, 4.69) is 5.10 Å². The summed E-state index contributed by atoms with van der Waals surface area (Å²) in [4.78, 5) is 4.75. The van der Waals surface area contributed by atoms with E-state index in [0.29, 0.717) is 0 Å². The van der Waals surface area contributed by atoms with Crippen molar-refractivity contribution in [3.63, 3.8) is 0 Å². The molecule has 0 amide bonds. The minimum Gasteiger partial charge on any atom is -0.297 e. The summed E-state index contributed by atoms with van der Waals surface area (Å²) >= 11 is 0. The SMILES string of the molecule is CC(ON)c1cnn2ccccc12. The number of rotatable bonds is 2. The van der Waals surface area contributed by atoms with Gasteiger partial charge >= 0.3 is 0 Å². The number of nitrogens with zero attached hydrogens (tertiary/aromatic N) is 2. The minimum atomic E-state index is -0.125. The van der Waals surface area contributed by atoms with Crippen LogP contribution < -0.4 is 5.90 Å². The molecule has 0 fully saturated rings. The van der Waals surface area contributed by atoms with E-state index in [1.54, 1.807) is 10.7 Å². The molecule has 2 aromatic heterocycles. The quantitative estimate of drug-likeness (QED) is 0.703. The zero-order valence-electron chi connectivity index (χ0n) is 7.34. The Kier molecular flexibility index (Phi) is 2.00. The molecule has 0 aromatic carbocycles. The molecule has 0 spiro atoms. The Morgan fingerprint density at radius 3 is 3.15 bits per heavy atom. The highest BCUT2D eigenvalue weighted by molar-refractivity contribution is 5.54. The van der Waals surface area contributed by atoms with Crippen molar-refractivity contribution in [1.82, 2.24) is 9.61 Å². The Morgan fingerprint density at radius 2 is 2.38 bits per heavy atom. The number of nitrogens with two attached hydrogens (primary N) is 1. The number of hydrogen-bond acceptors (Lipinski definition) is 3. The Bertz CT molecular complexity index is 410. The van der Waals surface area contributed by atoms with E-state index in [1.807, 2.05) is 31.3 Å². The van der Waals surface area contributed by atoms with Gasteiger partial charge in [0.2, 0.25) is 0 Å². The van der Waals surface area contributed by atoms with Crippen molar-refractivity contribution in [2.24, 2.45) is 5.90 Å². The van der Waals surface area contributed by atoms with E-state index >= 15 is 0 Å². The molecule has 68 valence electrons. The summed E-state index contributed by atoms with van der Waals surface area (Å²) < 4.78 is 1.80. The second-order valence-electron chi connectivity index (χ2n) is 2.91. The molecule has 4 nitrogen and oxygen atoms in total. The van der Waals surface area contributed by atoms with Gasteiger partial charge < -0.3 is 0 Å². The summed E-state index contributed by atoms with van der Waals surface area (Å²) in [7, 11) is 0. The number of aromatic nitrogens is 2. The van der Waals surface area contributed by atoms with Crippen LogP contribution in [0.1, 0.15) is 18.6 Å². The van der Waals surface area contributed by atoms with Gasteiger partial charge in [-0.1, -0.05) is 6.07 Å². The van der Waals surface area contributed by atoms with Crippen LogP contribution >= 0.6 is 0 Å². The molecule has 1 atom stereocenters. The van der Waals surface area contributed by atoms with Crippen LogP contribution in [0.4, 0.5) is 0 Å². The highest BCUT2D eigenvalue weighted by Gasteiger charge is 2.10. The van der Waals surface area contributed by atoms with Crippen LogP contribution in [-0.4, -0.2) is 9.61 Å². The lowest BCUT2D eigenvalue weighted by Crippen LogP contribution is -2.04. The Balaban J connectivity index is 2.57. The van der Waals surface area contributed by atoms with E-state index in [0.717, 1.165) is 11.1 Å². The summed E-state index contributed by atoms with van der Waals surface area (Å²) in [5, 5.41) is 4.17. The first-order valence-corrected chi connectivity index (χ1v) is 4.10. The third kappa shape index (κ3) is 1.30. The van der Waals surface area contributed by atoms with Crippen molar-refractivity contribution >= 4 is 5.52 Å². The molecule has 0 aliphatic heterocycles. The van der Waals surface area contributed by atoms with E-state index in [4.69, 9.17) is 10.7 Å². The van der Waals surface area contributed by atoms with E-state index in [1.165, 1.54) is 0 Å². The molecule has 2 aromatic rings. The fraction of sp³-hybridized carbons (Fsp3) is 0.222. The normalized spacial score (nSPS) is 13.4. The Labute approximate surface area is 75.9 Å². The first kappa shape index (κ1) is 8.22. The predicted molar refractivity (Wildman–Crippen MR) is 48.9 cm³/mol. The molecule has 0 saturated heterocycles. The average Bonchev–Trinajstić information content (AvgIpc) is 2.60. The van der Waals surface area contributed by atoms with E-state index < -0.39 is 0 Å². The molecule has 2 heterocycles. The van der Waals surface area contributed by atoms with Crippen molar-refractivity contribution in [3.8, 4) is 0 Å². The molecular formula is C9H11N3O. The highest BCUT2D eigenvalue weighted by atomic mass is 16.6. The van der Waals surface area contributed by atoms with Gasteiger partial charge in [-0.25, -0.2) is 10.4 Å². The van der Waals surface area contributed by atoms with Crippen LogP contribution in [0.25, 0.3) is 5.52 Å². The van der Waals surface area contributed by atoms with Crippen molar-refractivity contribution < 1.29 is 4.84 Å². The topological polar surface area (TPSA) is 52.5 Å². The second-order valence-corrected chi connectivity index (χ2v) is 2.91. The lowest BCUT2D eigenvalue weighted by atomic mass is 10.2. The monoisotopic (exact) mass is 177 g/mol. The average molecular weight is 177 g/mol. The van der Waals surface area contributed by atoms with Crippen LogP contribution in [-0.2, 0) is 4.84 Å². The van der Waals surface area contributed by atoms with Gasteiger partial charge in [0.05, 0.1) is 11.7 Å². The summed E-state index contributed by atoms with van der Waals surface area (Å²) in [5.74, 6) is 5.12. The Hall–Kier alpha value is -1.39. The zero-order valence-corrected chi connectivity index (χ0v) is 7.34. The van der Waals surface area contributed by atoms with Crippen molar-refractivity contribution in [2.75, 3.05) is 0 Å². The van der Waals surface area contributed by atoms with E-state index in [9.17, 15) is 0 Å². The third-order valence-electron chi connectivity index (χ3n) is 2.10. The minimum absolute atomic E-state index is 0.125. The van der Waals surface area contributed by atoms with Crippen molar-refractivity contribution in [3.05, 3.63) is 36.2 Å². The molecule has 0 aliphatic carbocycles. The Morgan fingerprint density at radius 1 is 1.54 bits per heavy atom. The molecule has 2 N–H and O–H groups in total. The van der Waals surface area contributed by atoms with Crippen molar-refractivity contribution in [2.45, 2.75) is 13.0 Å². The predicted octanol–water partition coefficient (Wildman–Crippen LogP) is 1.29. The smallest absolute Gasteiger partial charge is 0.105 e. The third-order valence-corrected chi connectivity index (χ3v) is 2.10. The summed E-state index contributed by atoms with van der Waals surface area (Å²) in [5.41, 5.74) is 2.03. The molecular weight excluding hydrogens is 166 g/mol. The van der Waals surface area contributed by atoms with Gasteiger partial charge in [0.15, 0.2) is 0 Å². The lowest BCUT2D eigenvalue weighted by Gasteiger charge is -2.05. The van der Waals surface area contributed by atoms with Gasteiger partial charge in [-0.2, -0.15) is 5.10 Å². The van der Waals surface area contributed by atoms with Gasteiger partial charge in [-0.3, -0.25) is 4.84 Å². The van der Waals surface area contributed by atoms with Crippen LogP contribution in [0.15, 0.2) is 30.6 Å². The molecule has 13 heavy (non-hydrogen) atoms. The first-order valence-electron chi connectivity index (χ1n) is 4.10. The van der Waals surface area contributed by atoms with Gasteiger partial charge in [-0.15, -0.1) is 0 Å². The van der Waals surface area contributed by atoms with Gasteiger partial charge in [0.25, 0.3) is 0 Å². The molecule has 4 heteroatoms. The highest BCUT2D eigenvalue weighted by Crippen LogP contribution is 2.19. The first-order chi connectivity index (χ1) is 6.33. The van der Waals surface area contributed by atoms with Crippen molar-refractivity contribution in [1.29, 1.82) is 0 Å². The molecule has 0 aliphatic rings. The largest absolute Gasteiger partial charge is 0.297 e. The standard InChI is InChI=1S/C9H11N3O/c1-7(13-10)8-6-11-12-5-3-2-4-9(8)12/h2-7H,10H2,1H3. The number of pyridine rings is 1. The summed E-state index contributed by atoms with van der Waals surface area (Å²) in [6.45, 7) is 1.89. The van der Waals surface area contributed by atoms with Crippen LogP contribution in [0.2, 0.25) is 0 Å². The second kappa shape index (κ2) is 3.16. The zero-order chi connectivity index (χ0) is 9.26. The molecule has 0 bridgehead atoms. The summed E-state index contributed by atoms with van der Waals surface area (Å²) in [6.07, 6.45) is 3.54. The fourth-order valence-electron chi connectivity index (χ4n) is 1.34. The molecule has 1 unspecified atom stereocenters. The van der Waals surface area contributed by atoms with Crippen LogP contribution in [0.5, 0.6) is 0 Å². The van der Waals surface area contributed by atoms with Crippen LogP contribution in [0.3, 0.4) is 0 Å². The fourth-order valence-corrected chi connectivity index (χ4v) is 1.34. The molecule has 0 radical (unpaired) electrons. The summed E-state index contributed by atoms with van der Waals surface area (Å²) in [6, 6.07) is 5.87. The number of hydrogen-bond donors (Lipinski definition) is 1. The van der Waals surface area contributed by atoms with Gasteiger partial charge in [-0.05, 0) is 19.1 Å². The molecule has 0 saturated carbocycles. The number of fused-ring (bicyclic) bond motifs is 1. The van der Waals surface area contributed by atoms with Gasteiger partial charge in [0.1, 0.15) is 6.10 Å². The maximum atomic E-state index is 5.12. The molecule has 2 rings (SSSR count).